The molecule has 0 fully saturated rings. The van der Waals surface area contributed by atoms with E-state index in [2.05, 4.69) is 30.1 Å². The molecule has 0 aliphatic rings. The summed E-state index contributed by atoms with van der Waals surface area (Å²) in [4.78, 5) is 3.82. The third-order valence-corrected chi connectivity index (χ3v) is 1.04. The summed E-state index contributed by atoms with van der Waals surface area (Å²) in [7, 11) is 0. The Morgan fingerprint density at radius 3 is 2.00 bits per heavy atom. The molecule has 0 N–H and O–H groups in total. The van der Waals surface area contributed by atoms with Gasteiger partial charge in [0.05, 0.1) is 0 Å². The van der Waals surface area contributed by atoms with E-state index >= 15 is 0 Å². The number of hydrogen-bond acceptors (Lipinski definition) is 3. The summed E-state index contributed by atoms with van der Waals surface area (Å²) in [5.74, 6) is 0.833. The van der Waals surface area contributed by atoms with Crippen molar-refractivity contribution in [2.24, 2.45) is 5.92 Å². The Balaban J connectivity index is 0.000000180. The van der Waals surface area contributed by atoms with Gasteiger partial charge in [0.15, 0.2) is 0 Å². The van der Waals surface area contributed by atoms with E-state index in [9.17, 15) is 0 Å². The zero-order valence-electron chi connectivity index (χ0n) is 6.96. The predicted molar refractivity (Wildman–Crippen MR) is 45.2 cm³/mol. The van der Waals surface area contributed by atoms with Crippen LogP contribution in [0.15, 0.2) is 6.33 Å². The van der Waals surface area contributed by atoms with E-state index in [1.54, 1.807) is 6.33 Å². The molecule has 0 spiro atoms. The first-order chi connectivity index (χ1) is 4.63. The minimum atomic E-state index is 0.833. The van der Waals surface area contributed by atoms with Crippen LogP contribution in [0, 0.1) is 12.8 Å². The molecule has 3 heteroatoms. The largest absolute Gasteiger partial charge is 0.228 e. The predicted octanol–water partition coefficient (Wildman–Crippen LogP) is 2.51. The van der Waals surface area contributed by atoms with Crippen LogP contribution in [0.25, 0.3) is 0 Å². The van der Waals surface area contributed by atoms with Gasteiger partial charge in [-0.25, -0.2) is 4.98 Å². The quantitative estimate of drug-likeness (QED) is 0.579. The molecule has 0 aromatic carbocycles. The van der Waals surface area contributed by atoms with Crippen molar-refractivity contribution in [2.75, 3.05) is 0 Å². The fourth-order valence-corrected chi connectivity index (χ4v) is 0.569. The zero-order chi connectivity index (χ0) is 7.98. The van der Waals surface area contributed by atoms with Gasteiger partial charge in [-0.05, 0) is 24.4 Å². The Labute approximate surface area is 66.5 Å². The lowest BCUT2D eigenvalue weighted by molar-refractivity contribution is 0.737. The Hall–Kier alpha value is -0.440. The average Bonchev–Trinajstić information content (AvgIpc) is 2.15. The Kier molecular flexibility index (Phi) is 5.12. The smallest absolute Gasteiger partial charge is 0.129 e. The van der Waals surface area contributed by atoms with Gasteiger partial charge in [0.1, 0.15) is 11.3 Å². The SMILES string of the molecule is CC(C)C.Cc1ncns1. The molecule has 0 saturated carbocycles. The van der Waals surface area contributed by atoms with Gasteiger partial charge in [0, 0.05) is 0 Å². The number of hydrogen-bond donors (Lipinski definition) is 0. The highest BCUT2D eigenvalue weighted by Crippen LogP contribution is 1.92. The third-order valence-electron chi connectivity index (χ3n) is 0.471. The second-order valence-electron chi connectivity index (χ2n) is 2.69. The molecule has 0 atom stereocenters. The summed E-state index contributed by atoms with van der Waals surface area (Å²) in [5, 5.41) is 1.02. The average molecular weight is 158 g/mol. The minimum Gasteiger partial charge on any atom is -0.228 e. The van der Waals surface area contributed by atoms with E-state index < -0.39 is 0 Å². The Morgan fingerprint density at radius 1 is 1.40 bits per heavy atom. The molecule has 1 heterocycles. The van der Waals surface area contributed by atoms with Crippen LogP contribution in [0.4, 0.5) is 0 Å². The van der Waals surface area contributed by atoms with Crippen LogP contribution in [-0.4, -0.2) is 9.36 Å². The first-order valence-electron chi connectivity index (χ1n) is 3.36. The van der Waals surface area contributed by atoms with Crippen LogP contribution >= 0.6 is 11.5 Å². The molecule has 1 aromatic rings. The first-order valence-corrected chi connectivity index (χ1v) is 4.13. The van der Waals surface area contributed by atoms with E-state index in [4.69, 9.17) is 0 Å². The van der Waals surface area contributed by atoms with E-state index in [1.165, 1.54) is 11.5 Å². The fraction of sp³-hybridized carbons (Fsp3) is 0.714. The van der Waals surface area contributed by atoms with Gasteiger partial charge < -0.3 is 0 Å². The normalized spacial score (nSPS) is 8.90. The minimum absolute atomic E-state index is 0.833. The third kappa shape index (κ3) is 7.56. The van der Waals surface area contributed by atoms with E-state index in [-0.39, 0.29) is 0 Å². The molecule has 2 nitrogen and oxygen atoms in total. The lowest BCUT2D eigenvalue weighted by atomic mass is 10.3. The van der Waals surface area contributed by atoms with Crippen molar-refractivity contribution in [3.8, 4) is 0 Å². The van der Waals surface area contributed by atoms with E-state index in [0.717, 1.165) is 10.9 Å². The summed E-state index contributed by atoms with van der Waals surface area (Å²) in [6.45, 7) is 8.43. The van der Waals surface area contributed by atoms with Gasteiger partial charge in [-0.1, -0.05) is 20.8 Å². The summed E-state index contributed by atoms with van der Waals surface area (Å²) in [6.07, 6.45) is 1.56. The second-order valence-corrected chi connectivity index (χ2v) is 3.68. The van der Waals surface area contributed by atoms with Crippen molar-refractivity contribution < 1.29 is 0 Å². The Morgan fingerprint density at radius 2 is 1.90 bits per heavy atom. The molecule has 58 valence electrons. The monoisotopic (exact) mass is 158 g/mol. The summed E-state index contributed by atoms with van der Waals surface area (Å²) in [6, 6.07) is 0. The molecule has 1 rings (SSSR count). The molecular formula is C7H14N2S. The summed E-state index contributed by atoms with van der Waals surface area (Å²) >= 11 is 1.42. The topological polar surface area (TPSA) is 25.8 Å². The molecule has 10 heavy (non-hydrogen) atoms. The Bertz CT molecular complexity index is 144. The van der Waals surface area contributed by atoms with Crippen LogP contribution in [0.2, 0.25) is 0 Å². The molecule has 0 aliphatic heterocycles. The highest BCUT2D eigenvalue weighted by molar-refractivity contribution is 7.05. The van der Waals surface area contributed by atoms with Crippen molar-refractivity contribution in [3.05, 3.63) is 11.3 Å². The van der Waals surface area contributed by atoms with Crippen molar-refractivity contribution in [1.29, 1.82) is 0 Å². The highest BCUT2D eigenvalue weighted by Gasteiger charge is 1.78. The van der Waals surface area contributed by atoms with Gasteiger partial charge in [0.2, 0.25) is 0 Å². The number of aryl methyl sites for hydroxylation is 1. The van der Waals surface area contributed by atoms with Crippen molar-refractivity contribution in [2.45, 2.75) is 27.7 Å². The maximum absolute atomic E-state index is 3.82. The maximum atomic E-state index is 3.82. The van der Waals surface area contributed by atoms with Gasteiger partial charge >= 0.3 is 0 Å². The van der Waals surface area contributed by atoms with Crippen LogP contribution < -0.4 is 0 Å². The highest BCUT2D eigenvalue weighted by atomic mass is 32.1. The number of rotatable bonds is 0. The fourth-order valence-electron chi connectivity index (χ4n) is 0.228. The van der Waals surface area contributed by atoms with Crippen LogP contribution in [0.3, 0.4) is 0 Å². The van der Waals surface area contributed by atoms with Crippen molar-refractivity contribution in [3.63, 3.8) is 0 Å². The first kappa shape index (κ1) is 9.56. The molecular weight excluding hydrogens is 144 g/mol. The van der Waals surface area contributed by atoms with Crippen molar-refractivity contribution >= 4 is 11.5 Å². The zero-order valence-corrected chi connectivity index (χ0v) is 7.77. The number of nitrogens with zero attached hydrogens (tertiary/aromatic N) is 2. The van der Waals surface area contributed by atoms with Crippen LogP contribution in [-0.2, 0) is 0 Å². The van der Waals surface area contributed by atoms with E-state index in [0.29, 0.717) is 0 Å². The van der Waals surface area contributed by atoms with Crippen molar-refractivity contribution in [1.82, 2.24) is 9.36 Å². The lowest BCUT2D eigenvalue weighted by Gasteiger charge is -1.79. The summed E-state index contributed by atoms with van der Waals surface area (Å²) < 4.78 is 3.75. The molecule has 0 amide bonds. The summed E-state index contributed by atoms with van der Waals surface area (Å²) in [5.41, 5.74) is 0. The lowest BCUT2D eigenvalue weighted by Crippen LogP contribution is -1.66. The molecule has 0 aliphatic carbocycles. The molecule has 0 radical (unpaired) electrons. The number of aromatic nitrogens is 2. The van der Waals surface area contributed by atoms with Gasteiger partial charge in [-0.3, -0.25) is 0 Å². The van der Waals surface area contributed by atoms with Gasteiger partial charge in [0.25, 0.3) is 0 Å². The molecule has 1 aromatic heterocycles. The molecule has 0 bridgehead atoms. The molecule has 0 unspecified atom stereocenters. The second kappa shape index (κ2) is 5.35. The van der Waals surface area contributed by atoms with Crippen LogP contribution in [0.1, 0.15) is 25.8 Å². The van der Waals surface area contributed by atoms with E-state index in [1.807, 2.05) is 6.92 Å². The van der Waals surface area contributed by atoms with Gasteiger partial charge in [-0.15, -0.1) is 0 Å². The molecule has 0 saturated heterocycles. The van der Waals surface area contributed by atoms with Crippen LogP contribution in [0.5, 0.6) is 0 Å². The van der Waals surface area contributed by atoms with Gasteiger partial charge in [-0.2, -0.15) is 4.37 Å². The standard InChI is InChI=1S/C4H10.C3H4N2S/c1-4(2)3;1-3-4-2-5-6-3/h4H,1-3H3;2H,1H3. The maximum Gasteiger partial charge on any atom is 0.129 e.